The molecule has 1 saturated heterocycles. The highest BCUT2D eigenvalue weighted by Gasteiger charge is 2.30. The van der Waals surface area contributed by atoms with Gasteiger partial charge < -0.3 is 5.32 Å². The van der Waals surface area contributed by atoms with Gasteiger partial charge in [0.1, 0.15) is 0 Å². The van der Waals surface area contributed by atoms with Gasteiger partial charge in [-0.2, -0.15) is 0 Å². The lowest BCUT2D eigenvalue weighted by Gasteiger charge is -2.36. The van der Waals surface area contributed by atoms with Gasteiger partial charge in [-0.25, -0.2) is 4.99 Å². The number of para-hydroxylation sites is 1. The van der Waals surface area contributed by atoms with E-state index >= 15 is 0 Å². The minimum Gasteiger partial charge on any atom is -0.353 e. The Morgan fingerprint density at radius 2 is 1.91 bits per heavy atom. The van der Waals surface area contributed by atoms with Crippen molar-refractivity contribution in [3.63, 3.8) is 0 Å². The summed E-state index contributed by atoms with van der Waals surface area (Å²) >= 11 is 0. The summed E-state index contributed by atoms with van der Waals surface area (Å²) in [5, 5.41) is 8.23. The third kappa shape index (κ3) is 5.03. The Kier molecular flexibility index (Phi) is 7.25. The van der Waals surface area contributed by atoms with Crippen molar-refractivity contribution < 1.29 is 0 Å². The Hall–Kier alpha value is -2.71. The number of nitrogens with two attached hydrogens (primary N) is 1. The molecule has 0 spiro atoms. The summed E-state index contributed by atoms with van der Waals surface area (Å²) < 4.78 is 0. The van der Waals surface area contributed by atoms with Crippen molar-refractivity contribution in [2.24, 2.45) is 15.7 Å². The molecule has 3 heterocycles. The second-order valence-corrected chi connectivity index (χ2v) is 9.66. The van der Waals surface area contributed by atoms with Crippen molar-refractivity contribution in [3.05, 3.63) is 36.5 Å². The summed E-state index contributed by atoms with van der Waals surface area (Å²) in [6, 6.07) is 11.1. The first kappa shape index (κ1) is 23.1. The highest BCUT2D eigenvalue weighted by molar-refractivity contribution is 6.11. The number of likely N-dealkylation sites (tertiary alicyclic amines) is 1. The molecule has 3 aliphatic rings. The third-order valence-corrected chi connectivity index (χ3v) is 7.41. The number of nitrogens with zero attached hydrogens (tertiary/aromatic N) is 5. The van der Waals surface area contributed by atoms with E-state index in [1.807, 2.05) is 23.2 Å². The second kappa shape index (κ2) is 10.7. The van der Waals surface area contributed by atoms with Crippen LogP contribution in [0.3, 0.4) is 0 Å². The van der Waals surface area contributed by atoms with Crippen LogP contribution in [-0.4, -0.2) is 59.8 Å². The highest BCUT2D eigenvalue weighted by atomic mass is 15.5. The average molecular weight is 463 g/mol. The fourth-order valence-corrected chi connectivity index (χ4v) is 5.57. The van der Waals surface area contributed by atoms with Crippen LogP contribution in [0.1, 0.15) is 58.3 Å². The first-order valence-corrected chi connectivity index (χ1v) is 13.0. The fourth-order valence-electron chi connectivity index (χ4n) is 5.57. The van der Waals surface area contributed by atoms with Gasteiger partial charge in [0.05, 0.1) is 17.7 Å². The number of hydrogen-bond donors (Lipinski definition) is 3. The largest absolute Gasteiger partial charge is 0.353 e. The van der Waals surface area contributed by atoms with Crippen molar-refractivity contribution in [1.82, 2.24) is 20.5 Å². The van der Waals surface area contributed by atoms with Crippen LogP contribution in [0, 0.1) is 0 Å². The van der Waals surface area contributed by atoms with E-state index in [2.05, 4.69) is 45.6 Å². The number of rotatable bonds is 5. The summed E-state index contributed by atoms with van der Waals surface area (Å²) in [6.07, 6.45) is 11.2. The Balaban J connectivity index is 1.46. The zero-order valence-electron chi connectivity index (χ0n) is 20.3. The van der Waals surface area contributed by atoms with Crippen molar-refractivity contribution in [3.8, 4) is 0 Å². The third-order valence-electron chi connectivity index (χ3n) is 7.41. The van der Waals surface area contributed by atoms with Crippen molar-refractivity contribution >= 4 is 28.5 Å². The first-order chi connectivity index (χ1) is 16.7. The van der Waals surface area contributed by atoms with Gasteiger partial charge in [0.2, 0.25) is 11.9 Å². The maximum atomic E-state index is 6.70. The minimum absolute atomic E-state index is 0.429. The topological polar surface area (TPSA) is 94.2 Å². The van der Waals surface area contributed by atoms with E-state index in [0.717, 1.165) is 48.1 Å². The number of anilines is 1. The smallest absolute Gasteiger partial charge is 0.208 e. The van der Waals surface area contributed by atoms with E-state index in [1.54, 1.807) is 0 Å². The van der Waals surface area contributed by atoms with Gasteiger partial charge in [-0.1, -0.05) is 50.8 Å². The predicted molar refractivity (Wildman–Crippen MR) is 140 cm³/mol. The molecule has 2 fully saturated rings. The Morgan fingerprint density at radius 1 is 1.09 bits per heavy atom. The average Bonchev–Trinajstić information content (AvgIpc) is 3.17. The maximum Gasteiger partial charge on any atom is 0.208 e. The van der Waals surface area contributed by atoms with Gasteiger partial charge in [-0.05, 0) is 50.9 Å². The predicted octanol–water partition coefficient (Wildman–Crippen LogP) is 3.40. The zero-order chi connectivity index (χ0) is 23.3. The molecule has 5 rings (SSSR count). The van der Waals surface area contributed by atoms with Gasteiger partial charge in [0.25, 0.3) is 0 Å². The number of nitrogens with one attached hydrogen (secondary N) is 2. The molecule has 1 aromatic carbocycles. The second-order valence-electron chi connectivity index (χ2n) is 9.66. The molecule has 8 heteroatoms. The summed E-state index contributed by atoms with van der Waals surface area (Å²) in [5.74, 6) is 1.49. The molecule has 2 aromatic rings. The van der Waals surface area contributed by atoms with Crippen molar-refractivity contribution in [2.45, 2.75) is 76.7 Å². The highest BCUT2D eigenvalue weighted by Crippen LogP contribution is 2.27. The van der Waals surface area contributed by atoms with E-state index in [-0.39, 0.29) is 0 Å². The van der Waals surface area contributed by atoms with Gasteiger partial charge >= 0.3 is 0 Å². The van der Waals surface area contributed by atoms with Crippen molar-refractivity contribution in [1.29, 1.82) is 0 Å². The number of aromatic nitrogens is 1. The summed E-state index contributed by atoms with van der Waals surface area (Å²) in [5.41, 5.74) is 8.52. The van der Waals surface area contributed by atoms with Crippen LogP contribution in [-0.2, 0) is 0 Å². The number of benzene rings is 1. The first-order valence-electron chi connectivity index (χ1n) is 13.0. The summed E-state index contributed by atoms with van der Waals surface area (Å²) in [6.45, 7) is 5.20. The molecule has 34 heavy (non-hydrogen) atoms. The Bertz CT molecular complexity index is 1020. The summed E-state index contributed by atoms with van der Waals surface area (Å²) in [4.78, 5) is 19.1. The molecule has 1 saturated carbocycles. The lowest BCUT2D eigenvalue weighted by Crippen LogP contribution is -2.61. The van der Waals surface area contributed by atoms with Crippen LogP contribution in [0.4, 0.5) is 5.69 Å². The van der Waals surface area contributed by atoms with Crippen LogP contribution in [0.5, 0.6) is 0 Å². The fraction of sp³-hybridized carbons (Fsp3) is 0.577. The molecule has 8 nitrogen and oxygen atoms in total. The number of likely N-dealkylation sites (N-methyl/N-ethyl adjacent to an activating group) is 1. The quantitative estimate of drug-likeness (QED) is 0.590. The number of fused-ring (bicyclic) bond motifs is 1. The van der Waals surface area contributed by atoms with Crippen LogP contribution in [0.25, 0.3) is 10.9 Å². The molecule has 0 amide bonds. The molecular weight excluding hydrogens is 424 g/mol. The molecule has 2 atom stereocenters. The molecule has 0 bridgehead atoms. The molecule has 1 aromatic heterocycles. The number of aliphatic imine (C=N–C) groups is 2. The lowest BCUT2D eigenvalue weighted by molar-refractivity contribution is 0.273. The van der Waals surface area contributed by atoms with Crippen LogP contribution < -0.4 is 21.3 Å². The van der Waals surface area contributed by atoms with Gasteiger partial charge in [-0.15, -0.1) is 0 Å². The maximum absolute atomic E-state index is 6.70. The Morgan fingerprint density at radius 3 is 2.74 bits per heavy atom. The molecular formula is C26H38N8. The normalized spacial score (nSPS) is 25.9. The van der Waals surface area contributed by atoms with E-state index in [9.17, 15) is 0 Å². The monoisotopic (exact) mass is 462 g/mol. The minimum atomic E-state index is -0.577. The van der Waals surface area contributed by atoms with Gasteiger partial charge in [-0.3, -0.25) is 30.8 Å². The molecule has 1 aliphatic carbocycles. The molecule has 4 N–H and O–H groups in total. The van der Waals surface area contributed by atoms with E-state index in [4.69, 9.17) is 15.7 Å². The van der Waals surface area contributed by atoms with E-state index in [1.165, 1.54) is 51.4 Å². The number of guanidine groups is 2. The molecule has 0 radical (unpaired) electrons. The van der Waals surface area contributed by atoms with Crippen LogP contribution in [0.2, 0.25) is 0 Å². The Labute approximate surface area is 202 Å². The van der Waals surface area contributed by atoms with E-state index < -0.39 is 6.29 Å². The number of pyridine rings is 1. The molecule has 182 valence electrons. The van der Waals surface area contributed by atoms with Crippen molar-refractivity contribution in [2.75, 3.05) is 24.5 Å². The zero-order valence-corrected chi connectivity index (χ0v) is 20.3. The standard InChI is InChI=1S/C26H38N8/c1-2-33-17-9-14-21(33)18-29-26-32-25(30-20-12-5-3-4-6-13-20)31-24(27)34(26)22-15-7-10-19-11-8-16-28-23(19)22/h7-8,10-11,15-16,20-21,24H,2-6,9,12-14,17-18,27H2,1H3,(H2,29,30,31,32). The molecule has 2 aliphatic heterocycles. The lowest BCUT2D eigenvalue weighted by atomic mass is 10.1. The van der Waals surface area contributed by atoms with Gasteiger partial charge in [0, 0.05) is 23.7 Å². The van der Waals surface area contributed by atoms with Crippen LogP contribution >= 0.6 is 0 Å². The SMILES string of the molecule is CCN1CCCC1CN=C1NC(NC2CCCCCC2)=NC(N)N1c1cccc2cccnc12. The molecule has 2 unspecified atom stereocenters. The number of hydrogen-bond acceptors (Lipinski definition) is 6. The van der Waals surface area contributed by atoms with E-state index in [0.29, 0.717) is 12.1 Å². The van der Waals surface area contributed by atoms with Gasteiger partial charge in [0.15, 0.2) is 6.29 Å². The summed E-state index contributed by atoms with van der Waals surface area (Å²) in [7, 11) is 0. The van der Waals surface area contributed by atoms with Crippen LogP contribution in [0.15, 0.2) is 46.5 Å².